The molecule has 0 aromatic heterocycles. The van der Waals surface area contributed by atoms with Crippen molar-refractivity contribution in [2.24, 2.45) is 17.6 Å². The highest BCUT2D eigenvalue weighted by molar-refractivity contribution is 6.30. The third-order valence-corrected chi connectivity index (χ3v) is 5.98. The van der Waals surface area contributed by atoms with Crippen molar-refractivity contribution in [2.45, 2.75) is 48.3 Å². The Labute approximate surface area is 140 Å². The zero-order chi connectivity index (χ0) is 16.4. The molecular weight excluding hydrogens is 331 g/mol. The van der Waals surface area contributed by atoms with E-state index in [0.717, 1.165) is 0 Å². The van der Waals surface area contributed by atoms with Crippen LogP contribution in [0.2, 0.25) is 0 Å². The van der Waals surface area contributed by atoms with Gasteiger partial charge < -0.3 is 26.0 Å². The molecule has 1 heterocycles. The summed E-state index contributed by atoms with van der Waals surface area (Å²) < 4.78 is 0. The number of hydrogen-bond donors (Lipinski definition) is 4. The minimum atomic E-state index is -1.38. The number of nitrogens with zero attached hydrogens (tertiary/aromatic N) is 1. The molecule has 0 bridgehead atoms. The maximum absolute atomic E-state index is 11.9. The van der Waals surface area contributed by atoms with E-state index in [1.807, 2.05) is 0 Å². The van der Waals surface area contributed by atoms with Gasteiger partial charge in [0.15, 0.2) is 6.10 Å². The number of aliphatic hydroxyl groups is 3. The van der Waals surface area contributed by atoms with Crippen molar-refractivity contribution in [1.29, 1.82) is 0 Å². The topological polar surface area (TPSA) is 107 Å². The van der Waals surface area contributed by atoms with Crippen LogP contribution in [0.15, 0.2) is 0 Å². The zero-order valence-electron chi connectivity index (χ0n) is 12.3. The second kappa shape index (κ2) is 7.64. The summed E-state index contributed by atoms with van der Waals surface area (Å²) in [5, 5.41) is 28.0. The average Bonchev–Trinajstić information content (AvgIpc) is 2.98. The Balaban J connectivity index is 1.94. The molecule has 1 saturated carbocycles. The van der Waals surface area contributed by atoms with Crippen molar-refractivity contribution in [2.75, 3.05) is 19.7 Å². The highest BCUT2D eigenvalue weighted by Crippen LogP contribution is 2.36. The fourth-order valence-corrected chi connectivity index (χ4v) is 4.07. The highest BCUT2D eigenvalue weighted by Gasteiger charge is 2.42. The van der Waals surface area contributed by atoms with E-state index >= 15 is 0 Å². The van der Waals surface area contributed by atoms with Crippen molar-refractivity contribution < 1.29 is 20.1 Å². The number of rotatable bonds is 4. The first kappa shape index (κ1) is 18.2. The number of nitrogens with two attached hydrogens (primary N) is 1. The van der Waals surface area contributed by atoms with E-state index in [2.05, 4.69) is 0 Å². The molecule has 0 aromatic carbocycles. The zero-order valence-corrected chi connectivity index (χ0v) is 13.8. The largest absolute Gasteiger partial charge is 0.393 e. The smallest absolute Gasteiger partial charge is 0.253 e. The molecule has 2 fully saturated rings. The van der Waals surface area contributed by atoms with Crippen molar-refractivity contribution in [3.05, 3.63) is 0 Å². The second-order valence-corrected chi connectivity index (χ2v) is 7.46. The van der Waals surface area contributed by atoms with Gasteiger partial charge in [0, 0.05) is 25.0 Å². The molecule has 4 unspecified atom stereocenters. The minimum absolute atomic E-state index is 0.0465. The molecule has 0 aromatic rings. The quantitative estimate of drug-likeness (QED) is 0.509. The summed E-state index contributed by atoms with van der Waals surface area (Å²) in [6, 6.07) is -0.274. The van der Waals surface area contributed by atoms with Gasteiger partial charge in [-0.05, 0) is 25.2 Å². The third kappa shape index (κ3) is 3.86. The Bertz CT molecular complexity index is 401. The van der Waals surface area contributed by atoms with Crippen LogP contribution >= 0.6 is 23.2 Å². The van der Waals surface area contributed by atoms with Crippen LogP contribution in [0, 0.1) is 11.8 Å². The van der Waals surface area contributed by atoms with Crippen LogP contribution in [0.5, 0.6) is 0 Å². The molecule has 0 radical (unpaired) electrons. The first-order chi connectivity index (χ1) is 10.3. The molecule has 22 heavy (non-hydrogen) atoms. The van der Waals surface area contributed by atoms with Gasteiger partial charge in [0.2, 0.25) is 0 Å². The van der Waals surface area contributed by atoms with E-state index in [1.54, 1.807) is 0 Å². The van der Waals surface area contributed by atoms with Crippen molar-refractivity contribution in [3.63, 3.8) is 0 Å². The van der Waals surface area contributed by atoms with Gasteiger partial charge in [0.1, 0.15) is 0 Å². The van der Waals surface area contributed by atoms with E-state index in [9.17, 15) is 15.0 Å². The molecule has 6 nitrogen and oxygen atoms in total. The number of halogens is 2. The van der Waals surface area contributed by atoms with Gasteiger partial charge in [-0.15, -0.1) is 23.2 Å². The van der Waals surface area contributed by atoms with Crippen LogP contribution in [0.25, 0.3) is 0 Å². The molecule has 0 spiro atoms. The molecular formula is C14H24Cl2N2O4. The predicted molar refractivity (Wildman–Crippen MR) is 83.8 cm³/mol. The molecule has 7 atom stereocenters. The van der Waals surface area contributed by atoms with Crippen LogP contribution in [0.1, 0.15) is 19.3 Å². The standard InChI is InChI=1S/C14H24Cl2N2O4/c15-9-3-8(11(20)4-10(9)16)13(17)7-1-2-18(5-7)14(22)12(21)6-19/h7-13,19-21H,1-6,17H2/t7-,8?,9?,10?,11?,12-,13-/m1/s1. The predicted octanol–water partition coefficient (Wildman–Crippen LogP) is -0.499. The number of hydrogen-bond acceptors (Lipinski definition) is 5. The van der Waals surface area contributed by atoms with E-state index in [1.165, 1.54) is 4.90 Å². The van der Waals surface area contributed by atoms with Crippen LogP contribution in [0.3, 0.4) is 0 Å². The summed E-state index contributed by atoms with van der Waals surface area (Å²) in [5.74, 6) is -0.567. The summed E-state index contributed by atoms with van der Waals surface area (Å²) in [5.41, 5.74) is 6.31. The lowest BCUT2D eigenvalue weighted by atomic mass is 9.76. The molecule has 5 N–H and O–H groups in total. The lowest BCUT2D eigenvalue weighted by molar-refractivity contribution is -0.141. The fourth-order valence-electron chi connectivity index (χ4n) is 3.47. The number of amides is 1. The molecule has 2 aliphatic rings. The minimum Gasteiger partial charge on any atom is -0.393 e. The van der Waals surface area contributed by atoms with Crippen molar-refractivity contribution >= 4 is 29.1 Å². The monoisotopic (exact) mass is 354 g/mol. The fraction of sp³-hybridized carbons (Fsp3) is 0.929. The lowest BCUT2D eigenvalue weighted by Gasteiger charge is -2.39. The van der Waals surface area contributed by atoms with Gasteiger partial charge in [-0.2, -0.15) is 0 Å². The molecule has 1 amide bonds. The summed E-state index contributed by atoms with van der Waals surface area (Å²) in [4.78, 5) is 13.4. The maximum atomic E-state index is 11.9. The molecule has 1 aliphatic carbocycles. The lowest BCUT2D eigenvalue weighted by Crippen LogP contribution is -2.50. The first-order valence-corrected chi connectivity index (χ1v) is 8.52. The number of likely N-dealkylation sites (tertiary alicyclic amines) is 1. The van der Waals surface area contributed by atoms with Crippen molar-refractivity contribution in [1.82, 2.24) is 4.90 Å². The maximum Gasteiger partial charge on any atom is 0.253 e. The Morgan fingerprint density at radius 1 is 1.32 bits per heavy atom. The number of carbonyl (C=O) groups excluding carboxylic acids is 1. The highest BCUT2D eigenvalue weighted by atomic mass is 35.5. The Hall–Kier alpha value is -0.110. The van der Waals surface area contributed by atoms with E-state index in [0.29, 0.717) is 32.4 Å². The summed E-state index contributed by atoms with van der Waals surface area (Å²) in [6.07, 6.45) is -0.264. The summed E-state index contributed by atoms with van der Waals surface area (Å²) in [6.45, 7) is 0.343. The average molecular weight is 355 g/mol. The number of carbonyl (C=O) groups is 1. The third-order valence-electron chi connectivity index (χ3n) is 4.88. The van der Waals surface area contributed by atoms with Gasteiger partial charge >= 0.3 is 0 Å². The van der Waals surface area contributed by atoms with Gasteiger partial charge in [-0.1, -0.05) is 0 Å². The number of alkyl halides is 2. The Morgan fingerprint density at radius 3 is 2.59 bits per heavy atom. The SMILES string of the molecule is N[C@@H](C1CC(Cl)C(Cl)CC1O)[C@@H]1CCN(C(=O)[C@H](O)CO)C1. The van der Waals surface area contributed by atoms with Crippen LogP contribution in [0.4, 0.5) is 0 Å². The molecule has 128 valence electrons. The second-order valence-electron chi connectivity index (χ2n) is 6.34. The van der Waals surface area contributed by atoms with Crippen LogP contribution in [-0.2, 0) is 4.79 Å². The van der Waals surface area contributed by atoms with Crippen LogP contribution < -0.4 is 5.73 Å². The normalized spacial score (nSPS) is 38.8. The van der Waals surface area contributed by atoms with E-state index < -0.39 is 24.7 Å². The molecule has 8 heteroatoms. The van der Waals surface area contributed by atoms with Crippen molar-refractivity contribution in [3.8, 4) is 0 Å². The Morgan fingerprint density at radius 2 is 1.95 bits per heavy atom. The molecule has 2 rings (SSSR count). The van der Waals surface area contributed by atoms with E-state index in [-0.39, 0.29) is 28.6 Å². The van der Waals surface area contributed by atoms with Crippen LogP contribution in [-0.4, -0.2) is 74.8 Å². The molecule has 1 aliphatic heterocycles. The first-order valence-electron chi connectivity index (χ1n) is 7.64. The molecule has 1 saturated heterocycles. The Kier molecular flexibility index (Phi) is 6.33. The van der Waals surface area contributed by atoms with E-state index in [4.69, 9.17) is 34.0 Å². The van der Waals surface area contributed by atoms with Gasteiger partial charge in [-0.25, -0.2) is 0 Å². The summed E-state index contributed by atoms with van der Waals surface area (Å²) >= 11 is 12.3. The number of aliphatic hydroxyl groups excluding tert-OH is 3. The van der Waals surface area contributed by atoms with Gasteiger partial charge in [0.05, 0.1) is 23.5 Å². The van der Waals surface area contributed by atoms with Gasteiger partial charge in [0.25, 0.3) is 5.91 Å². The van der Waals surface area contributed by atoms with Gasteiger partial charge in [-0.3, -0.25) is 4.79 Å². The summed E-state index contributed by atoms with van der Waals surface area (Å²) in [7, 11) is 0.